The number of nitrogens with two attached hydrogens (primary N) is 4. The third-order valence-corrected chi connectivity index (χ3v) is 7.43. The van der Waals surface area contributed by atoms with Crippen LogP contribution in [0.15, 0.2) is 4.99 Å². The number of aliphatic hydroxyl groups excluding tert-OH is 1. The van der Waals surface area contributed by atoms with E-state index >= 15 is 0 Å². The Kier molecular flexibility index (Phi) is 23.5. The van der Waals surface area contributed by atoms with E-state index in [0.29, 0.717) is 25.8 Å². The molecule has 0 spiro atoms. The van der Waals surface area contributed by atoms with Gasteiger partial charge in [0.15, 0.2) is 5.96 Å². The highest BCUT2D eigenvalue weighted by Gasteiger charge is 2.39. The number of aliphatic imine (C=N–C) groups is 1. The maximum Gasteiger partial charge on any atom is 0.326 e. The molecule has 5 unspecified atom stereocenters. The molecule has 306 valence electrons. The number of hydrogen-bond acceptors (Lipinski definition) is 13. The van der Waals surface area contributed by atoms with Gasteiger partial charge in [-0.05, 0) is 51.5 Å². The second-order valence-electron chi connectivity index (χ2n) is 11.8. The summed E-state index contributed by atoms with van der Waals surface area (Å²) in [4.78, 5) is 113. The average Bonchev–Trinajstić information content (AvgIpc) is 3.59. The lowest BCUT2D eigenvalue weighted by Gasteiger charge is -2.29. The Morgan fingerprint density at radius 2 is 1.41 bits per heavy atom. The van der Waals surface area contributed by atoms with Crippen molar-refractivity contribution in [3.05, 3.63) is 0 Å². The van der Waals surface area contributed by atoms with Crippen LogP contribution in [0.4, 0.5) is 0 Å². The molecule has 0 aromatic carbocycles. The number of aliphatic carboxylic acids is 3. The van der Waals surface area contributed by atoms with Crippen molar-refractivity contribution in [2.75, 3.05) is 39.3 Å². The zero-order valence-electron chi connectivity index (χ0n) is 30.0. The number of amides is 6. The van der Waals surface area contributed by atoms with E-state index in [1.165, 1.54) is 0 Å². The van der Waals surface area contributed by atoms with Crippen LogP contribution < -0.4 is 49.5 Å². The van der Waals surface area contributed by atoms with Crippen LogP contribution in [-0.2, 0) is 43.2 Å². The molecule has 0 aromatic heterocycles. The lowest BCUT2D eigenvalue weighted by molar-refractivity contribution is -0.145. The number of nitrogens with one attached hydrogen (secondary N) is 5. The number of carboxylic acid groups (broad SMARTS) is 3. The number of carbonyl (C=O) groups excluding carboxylic acids is 6. The van der Waals surface area contributed by atoms with Gasteiger partial charge >= 0.3 is 11.9 Å². The molecular formula is C30H53N11O13. The predicted octanol–water partition coefficient (Wildman–Crippen LogP) is -6.18. The van der Waals surface area contributed by atoms with Crippen LogP contribution in [0.1, 0.15) is 58.3 Å². The first-order valence-electron chi connectivity index (χ1n) is 16.9. The third kappa shape index (κ3) is 19.8. The lowest BCUT2D eigenvalue weighted by atomic mass is 10.1. The number of rotatable bonds is 23. The van der Waals surface area contributed by atoms with Crippen molar-refractivity contribution >= 4 is 59.3 Å². The fraction of sp³-hybridized carbons (Fsp3) is 0.667. The minimum atomic E-state index is -1.77. The second kappa shape index (κ2) is 26.2. The predicted molar refractivity (Wildman–Crippen MR) is 188 cm³/mol. The maximum absolute atomic E-state index is 13.3. The summed E-state index contributed by atoms with van der Waals surface area (Å²) in [6.07, 6.45) is 1.00. The van der Waals surface area contributed by atoms with Crippen molar-refractivity contribution in [2.24, 2.45) is 27.9 Å². The van der Waals surface area contributed by atoms with Crippen molar-refractivity contribution < 1.29 is 63.6 Å². The first-order valence-corrected chi connectivity index (χ1v) is 16.9. The molecule has 5 atom stereocenters. The number of hydrogen-bond donors (Lipinski definition) is 13. The largest absolute Gasteiger partial charge is 0.481 e. The smallest absolute Gasteiger partial charge is 0.326 e. The quantitative estimate of drug-likeness (QED) is 0.0261. The monoisotopic (exact) mass is 775 g/mol. The van der Waals surface area contributed by atoms with Gasteiger partial charge in [0, 0.05) is 20.0 Å². The van der Waals surface area contributed by atoms with Gasteiger partial charge in [0.05, 0.1) is 26.1 Å². The molecule has 0 aromatic rings. The van der Waals surface area contributed by atoms with E-state index in [9.17, 15) is 53.7 Å². The second-order valence-corrected chi connectivity index (χ2v) is 11.8. The van der Waals surface area contributed by atoms with Gasteiger partial charge in [-0.3, -0.25) is 43.3 Å². The van der Waals surface area contributed by atoms with Gasteiger partial charge in [0.25, 0.3) is 5.97 Å². The van der Waals surface area contributed by atoms with Crippen LogP contribution in [0, 0.1) is 0 Å². The van der Waals surface area contributed by atoms with E-state index in [1.54, 1.807) is 0 Å². The van der Waals surface area contributed by atoms with Gasteiger partial charge in [0.2, 0.25) is 35.4 Å². The van der Waals surface area contributed by atoms with E-state index in [-0.39, 0.29) is 44.7 Å². The van der Waals surface area contributed by atoms with Gasteiger partial charge in [-0.25, -0.2) is 4.79 Å². The average molecular weight is 776 g/mol. The van der Waals surface area contributed by atoms with Gasteiger partial charge in [0.1, 0.15) is 30.2 Å². The van der Waals surface area contributed by atoms with Crippen molar-refractivity contribution in [3.8, 4) is 0 Å². The Labute approximate surface area is 310 Å². The van der Waals surface area contributed by atoms with Crippen LogP contribution in [0.25, 0.3) is 0 Å². The lowest BCUT2D eigenvalue weighted by Crippen LogP contribution is -2.59. The van der Waals surface area contributed by atoms with Gasteiger partial charge < -0.3 is 74.8 Å². The molecule has 6 amide bonds. The normalized spacial score (nSPS) is 15.4. The van der Waals surface area contributed by atoms with E-state index in [2.05, 4.69) is 31.6 Å². The van der Waals surface area contributed by atoms with E-state index in [1.807, 2.05) is 0 Å². The first-order chi connectivity index (χ1) is 25.4. The maximum atomic E-state index is 13.3. The molecule has 0 saturated carbocycles. The number of carboxylic acids is 3. The molecule has 24 heteroatoms. The molecule has 0 radical (unpaired) electrons. The van der Waals surface area contributed by atoms with Crippen molar-refractivity contribution in [1.29, 1.82) is 0 Å². The van der Waals surface area contributed by atoms with Crippen LogP contribution >= 0.6 is 0 Å². The molecule has 0 aliphatic carbocycles. The van der Waals surface area contributed by atoms with Crippen LogP contribution in [0.5, 0.6) is 0 Å². The number of guanidine groups is 1. The van der Waals surface area contributed by atoms with Gasteiger partial charge in [-0.2, -0.15) is 0 Å². The molecule has 0 bridgehead atoms. The van der Waals surface area contributed by atoms with Crippen LogP contribution in [0.2, 0.25) is 0 Å². The van der Waals surface area contributed by atoms with E-state index in [0.717, 1.165) is 11.8 Å². The number of likely N-dealkylation sites (tertiary alicyclic amines) is 1. The van der Waals surface area contributed by atoms with Gasteiger partial charge in [-0.15, -0.1) is 0 Å². The molecule has 1 saturated heterocycles. The first kappa shape index (κ1) is 48.4. The summed E-state index contributed by atoms with van der Waals surface area (Å²) in [7, 11) is 0. The number of unbranched alkanes of at least 4 members (excludes halogenated alkanes) is 1. The highest BCUT2D eigenvalue weighted by molar-refractivity contribution is 5.97. The molecule has 1 aliphatic rings. The fourth-order valence-electron chi connectivity index (χ4n) is 4.92. The summed E-state index contributed by atoms with van der Waals surface area (Å²) in [5.74, 6) is -9.06. The van der Waals surface area contributed by atoms with Crippen molar-refractivity contribution in [2.45, 2.75) is 88.5 Å². The number of nitrogens with zero attached hydrogens (tertiary/aromatic N) is 2. The van der Waals surface area contributed by atoms with Crippen LogP contribution in [0.3, 0.4) is 0 Å². The third-order valence-electron chi connectivity index (χ3n) is 7.43. The zero-order valence-corrected chi connectivity index (χ0v) is 30.0. The summed E-state index contributed by atoms with van der Waals surface area (Å²) in [6, 6.07) is -6.89. The molecule has 1 heterocycles. The minimum Gasteiger partial charge on any atom is -0.481 e. The van der Waals surface area contributed by atoms with Crippen molar-refractivity contribution in [1.82, 2.24) is 31.5 Å². The molecule has 1 rings (SSSR count). The summed E-state index contributed by atoms with van der Waals surface area (Å²) in [5.41, 5.74) is 21.3. The number of aliphatic hydroxyl groups is 1. The van der Waals surface area contributed by atoms with Crippen molar-refractivity contribution in [3.63, 3.8) is 0 Å². The SMILES string of the molecule is CC(=O)O.NCCCCC(NC(=O)C1CCCN1C(=O)C(CO)NC(=O)C(CC(=O)O)NC(=O)CNC(=O)C(CCCN=C(N)N)NC(=O)CN)C(=O)O. The summed E-state index contributed by atoms with van der Waals surface area (Å²) in [5, 5.41) is 47.6. The van der Waals surface area contributed by atoms with E-state index in [4.69, 9.17) is 32.8 Å². The van der Waals surface area contributed by atoms with Gasteiger partial charge in [-0.1, -0.05) is 0 Å². The zero-order chi connectivity index (χ0) is 41.4. The molecule has 1 aliphatic heterocycles. The molecule has 54 heavy (non-hydrogen) atoms. The Hall–Kier alpha value is -5.62. The van der Waals surface area contributed by atoms with Crippen LogP contribution in [-0.4, -0.2) is 154 Å². The Balaban J connectivity index is 0.00000666. The summed E-state index contributed by atoms with van der Waals surface area (Å²) >= 11 is 0. The Morgan fingerprint density at radius 3 is 1.94 bits per heavy atom. The molecule has 1 fully saturated rings. The van der Waals surface area contributed by atoms with E-state index < -0.39 is 110 Å². The Bertz CT molecular complexity index is 1340. The standard InChI is InChI=1S/C28H49N11O11.C2H4O2/c29-8-2-1-5-16(27(49)50)37-25(47)19-7-4-10-39(19)26(48)18(14-40)38-24(46)17(11-22(43)44)36-21(42)13-34-23(45)15(35-20(41)12-30)6-3-9-33-28(31)32;1-2(3)4/h15-19,40H,1-14,29-30H2,(H,34,45)(H,35,41)(H,36,42)(H,37,47)(H,38,46)(H,43,44)(H,49,50)(H4,31,32,33);1H3,(H,3,4). The summed E-state index contributed by atoms with van der Waals surface area (Å²) < 4.78 is 0. The molecule has 17 N–H and O–H groups in total. The Morgan fingerprint density at radius 1 is 0.796 bits per heavy atom. The molecular weight excluding hydrogens is 722 g/mol. The highest BCUT2D eigenvalue weighted by Crippen LogP contribution is 2.19. The highest BCUT2D eigenvalue weighted by atomic mass is 16.4. The molecule has 24 nitrogen and oxygen atoms in total. The minimum absolute atomic E-state index is 0.0458. The topological polar surface area (TPSA) is 414 Å². The summed E-state index contributed by atoms with van der Waals surface area (Å²) in [6.45, 7) is -0.524. The fourth-order valence-corrected chi connectivity index (χ4v) is 4.92. The number of carbonyl (C=O) groups is 9.